The number of thiazole rings is 1. The van der Waals surface area contributed by atoms with Crippen molar-refractivity contribution in [3.8, 4) is 11.1 Å². The summed E-state index contributed by atoms with van der Waals surface area (Å²) in [5, 5.41) is 15.3. The first-order chi connectivity index (χ1) is 15.9. The van der Waals surface area contributed by atoms with Gasteiger partial charge in [-0.2, -0.15) is 4.31 Å². The molecule has 1 N–H and O–H groups in total. The van der Waals surface area contributed by atoms with Gasteiger partial charge in [-0.25, -0.2) is 26.6 Å². The zero-order chi connectivity index (χ0) is 24.7. The van der Waals surface area contributed by atoms with E-state index in [1.165, 1.54) is 0 Å². The van der Waals surface area contributed by atoms with Gasteiger partial charge in [-0.05, 0) is 23.3 Å². The number of aromatic nitrogens is 3. The van der Waals surface area contributed by atoms with E-state index in [2.05, 4.69) is 15.2 Å². The number of carboxylic acid groups (broad SMARTS) is 1. The first-order valence-electron chi connectivity index (χ1n) is 9.61. The molecule has 4 rings (SSSR count). The van der Waals surface area contributed by atoms with Crippen molar-refractivity contribution in [2.45, 2.75) is 11.8 Å². The zero-order valence-electron chi connectivity index (χ0n) is 17.8. The van der Waals surface area contributed by atoms with Crippen LogP contribution < -0.4 is 0 Å². The number of benzene rings is 2. The summed E-state index contributed by atoms with van der Waals surface area (Å²) >= 11 is 1.15. The lowest BCUT2D eigenvalue weighted by molar-refractivity contribution is 0.168. The number of carbonyl (C=O) groups is 1. The Morgan fingerprint density at radius 1 is 1.06 bits per heavy atom. The first-order valence-corrected chi connectivity index (χ1v) is 14.2. The van der Waals surface area contributed by atoms with Gasteiger partial charge in [0.15, 0.2) is 15.1 Å². The molecule has 1 amide bonds. The van der Waals surface area contributed by atoms with Gasteiger partial charge >= 0.3 is 6.09 Å². The Kier molecular flexibility index (Phi) is 6.14. The minimum Gasteiger partial charge on any atom is -0.464 e. The summed E-state index contributed by atoms with van der Waals surface area (Å²) in [7, 11) is -7.96. The number of hydrogen-bond acceptors (Lipinski definition) is 10. The summed E-state index contributed by atoms with van der Waals surface area (Å²) in [6, 6.07) is 15.2. The van der Waals surface area contributed by atoms with Crippen molar-refractivity contribution in [3.63, 3.8) is 0 Å². The number of fused-ring (bicyclic) bond motifs is 1. The predicted molar refractivity (Wildman–Crippen MR) is 124 cm³/mol. The van der Waals surface area contributed by atoms with E-state index in [9.17, 15) is 21.6 Å². The van der Waals surface area contributed by atoms with Gasteiger partial charge < -0.3 is 9.52 Å². The van der Waals surface area contributed by atoms with Crippen LogP contribution in [-0.4, -0.2) is 60.0 Å². The Bertz CT molecular complexity index is 1580. The quantitative estimate of drug-likeness (QED) is 0.382. The largest absolute Gasteiger partial charge is 0.464 e. The second-order valence-electron chi connectivity index (χ2n) is 7.40. The lowest BCUT2D eigenvalue weighted by atomic mass is 10.1. The maximum absolute atomic E-state index is 12.6. The monoisotopic (exact) mass is 522 g/mol. The Morgan fingerprint density at radius 3 is 2.38 bits per heavy atom. The Morgan fingerprint density at radius 2 is 1.76 bits per heavy atom. The van der Waals surface area contributed by atoms with E-state index in [1.54, 1.807) is 6.07 Å². The number of sulfonamides is 1. The molecular formula is C20H18N4O7S3. The molecule has 1 unspecified atom stereocenters. The second kappa shape index (κ2) is 8.77. The molecule has 14 heteroatoms. The molecule has 0 fully saturated rings. The standard InChI is InChI=1S/C20H18N4O7S3/c1-33(27,28)17(18-23-22-16(31-18)11-24(20(25)26)34(2,29)30)19-21-14-9-8-13(10-15(14)32-19)12-6-4-3-5-7-12/h3-10,17H,11H2,1-2H3,(H,25,26). The number of sulfone groups is 1. The van der Waals surface area contributed by atoms with Gasteiger partial charge in [0.1, 0.15) is 11.6 Å². The molecule has 0 spiro atoms. The third kappa shape index (κ3) is 4.93. The molecule has 2 aromatic heterocycles. The molecule has 0 aliphatic rings. The molecule has 11 nitrogen and oxygen atoms in total. The van der Waals surface area contributed by atoms with Crippen LogP contribution in [0.1, 0.15) is 22.0 Å². The molecule has 4 aromatic rings. The minimum atomic E-state index is -4.12. The van der Waals surface area contributed by atoms with E-state index in [-0.39, 0.29) is 21.1 Å². The summed E-state index contributed by atoms with van der Waals surface area (Å²) in [4.78, 5) is 15.7. The topological polar surface area (TPSA) is 161 Å². The number of nitrogens with zero attached hydrogens (tertiary/aromatic N) is 4. The van der Waals surface area contributed by atoms with Crippen molar-refractivity contribution < 1.29 is 31.2 Å². The van der Waals surface area contributed by atoms with Crippen LogP contribution in [0.5, 0.6) is 0 Å². The fourth-order valence-corrected chi connectivity index (χ4v) is 6.38. The maximum atomic E-state index is 12.6. The third-order valence-electron chi connectivity index (χ3n) is 4.76. The summed E-state index contributed by atoms with van der Waals surface area (Å²) in [6.45, 7) is -0.752. The molecule has 2 aromatic carbocycles. The van der Waals surface area contributed by atoms with Crippen molar-refractivity contribution in [2.75, 3.05) is 12.5 Å². The molecule has 0 aliphatic carbocycles. The smallest absolute Gasteiger partial charge is 0.421 e. The highest BCUT2D eigenvalue weighted by Crippen LogP contribution is 2.36. The lowest BCUT2D eigenvalue weighted by Gasteiger charge is -2.13. The van der Waals surface area contributed by atoms with Gasteiger partial charge in [0, 0.05) is 6.26 Å². The van der Waals surface area contributed by atoms with Crippen LogP contribution in [0.25, 0.3) is 21.3 Å². The van der Waals surface area contributed by atoms with Crippen LogP contribution >= 0.6 is 11.3 Å². The number of hydrogen-bond donors (Lipinski definition) is 1. The highest BCUT2D eigenvalue weighted by molar-refractivity contribution is 7.91. The SMILES string of the molecule is CS(=O)(=O)C(c1nnc(CN(C(=O)O)S(C)(=O)=O)o1)c1nc2ccc(-c3ccccc3)cc2s1. The van der Waals surface area contributed by atoms with E-state index in [4.69, 9.17) is 9.52 Å². The maximum Gasteiger partial charge on any atom is 0.421 e. The molecule has 0 saturated heterocycles. The van der Waals surface area contributed by atoms with Gasteiger partial charge in [0.2, 0.25) is 21.8 Å². The lowest BCUT2D eigenvalue weighted by Crippen LogP contribution is -2.34. The summed E-state index contributed by atoms with van der Waals surface area (Å²) < 4.78 is 54.9. The van der Waals surface area contributed by atoms with Crippen LogP contribution in [-0.2, 0) is 26.4 Å². The fourth-order valence-electron chi connectivity index (χ4n) is 3.22. The van der Waals surface area contributed by atoms with E-state index in [0.717, 1.165) is 33.4 Å². The number of rotatable bonds is 7. The highest BCUT2D eigenvalue weighted by Gasteiger charge is 2.35. The van der Waals surface area contributed by atoms with Crippen LogP contribution in [0.15, 0.2) is 52.9 Å². The van der Waals surface area contributed by atoms with E-state index >= 15 is 0 Å². The average Bonchev–Trinajstić information content (AvgIpc) is 3.37. The molecule has 178 valence electrons. The Hall–Kier alpha value is -3.36. The molecule has 0 aliphatic heterocycles. The summed E-state index contributed by atoms with van der Waals surface area (Å²) in [5.74, 6) is -0.706. The van der Waals surface area contributed by atoms with Crippen molar-refractivity contribution in [1.29, 1.82) is 0 Å². The van der Waals surface area contributed by atoms with Crippen LogP contribution in [0.4, 0.5) is 4.79 Å². The minimum absolute atomic E-state index is 0.114. The van der Waals surface area contributed by atoms with E-state index in [1.807, 2.05) is 42.5 Å². The van der Waals surface area contributed by atoms with Crippen LogP contribution in [0.3, 0.4) is 0 Å². The van der Waals surface area contributed by atoms with Gasteiger partial charge in [0.25, 0.3) is 0 Å². The Balaban J connectivity index is 1.72. The second-order valence-corrected chi connectivity index (χ2v) is 12.5. The zero-order valence-corrected chi connectivity index (χ0v) is 20.3. The predicted octanol–water partition coefficient (Wildman–Crippen LogP) is 2.92. The van der Waals surface area contributed by atoms with Gasteiger partial charge in [-0.3, -0.25) is 0 Å². The van der Waals surface area contributed by atoms with Crippen LogP contribution in [0.2, 0.25) is 0 Å². The molecule has 0 radical (unpaired) electrons. The van der Waals surface area contributed by atoms with E-state index < -0.39 is 37.7 Å². The third-order valence-corrected chi connectivity index (χ3v) is 8.36. The molecule has 2 heterocycles. The molecule has 0 bridgehead atoms. The van der Waals surface area contributed by atoms with Crippen molar-refractivity contribution in [3.05, 3.63) is 65.3 Å². The highest BCUT2D eigenvalue weighted by atomic mass is 32.2. The number of amides is 1. The first kappa shape index (κ1) is 23.8. The van der Waals surface area contributed by atoms with Crippen molar-refractivity contribution >= 4 is 47.5 Å². The van der Waals surface area contributed by atoms with Crippen molar-refractivity contribution in [1.82, 2.24) is 19.5 Å². The van der Waals surface area contributed by atoms with E-state index in [0.29, 0.717) is 11.8 Å². The Labute approximate surface area is 198 Å². The van der Waals surface area contributed by atoms with Gasteiger partial charge in [0.05, 0.1) is 16.5 Å². The summed E-state index contributed by atoms with van der Waals surface area (Å²) in [6.07, 6.45) is -0.0340. The normalized spacial score (nSPS) is 13.1. The molecule has 0 saturated carbocycles. The molecule has 34 heavy (non-hydrogen) atoms. The fraction of sp³-hybridized carbons (Fsp3) is 0.200. The van der Waals surface area contributed by atoms with Crippen LogP contribution in [0, 0.1) is 0 Å². The van der Waals surface area contributed by atoms with Crippen molar-refractivity contribution in [2.24, 2.45) is 0 Å². The van der Waals surface area contributed by atoms with Gasteiger partial charge in [-0.1, -0.05) is 36.4 Å². The summed E-state index contributed by atoms with van der Waals surface area (Å²) in [5.41, 5.74) is 2.52. The molecular weight excluding hydrogens is 504 g/mol. The van der Waals surface area contributed by atoms with Gasteiger partial charge in [-0.15, -0.1) is 21.5 Å². The average molecular weight is 523 g/mol. The molecule has 1 atom stereocenters.